The van der Waals surface area contributed by atoms with E-state index in [0.29, 0.717) is 6.54 Å². The van der Waals surface area contributed by atoms with Gasteiger partial charge in [0.25, 0.3) is 0 Å². The van der Waals surface area contributed by atoms with Crippen molar-refractivity contribution >= 4 is 0 Å². The van der Waals surface area contributed by atoms with Crippen LogP contribution in [0.5, 0.6) is 5.75 Å². The summed E-state index contributed by atoms with van der Waals surface area (Å²) in [6.45, 7) is 1.49. The van der Waals surface area contributed by atoms with Gasteiger partial charge in [0.15, 0.2) is 0 Å². The molecule has 1 unspecified atom stereocenters. The average Bonchev–Trinajstić information content (AvgIpc) is 2.87. The van der Waals surface area contributed by atoms with Gasteiger partial charge in [-0.15, -0.1) is 0 Å². The minimum atomic E-state index is -0.264. The van der Waals surface area contributed by atoms with Gasteiger partial charge in [-0.25, -0.2) is 9.67 Å². The fraction of sp³-hybridized carbons (Fsp3) is 0.385. The summed E-state index contributed by atoms with van der Waals surface area (Å²) < 4.78 is 12.8. The molecule has 0 amide bonds. The summed E-state index contributed by atoms with van der Waals surface area (Å²) in [6, 6.07) is 8.02. The lowest BCUT2D eigenvalue weighted by atomic mass is 9.86. The molecule has 3 rings (SSSR count). The van der Waals surface area contributed by atoms with Gasteiger partial charge in [0.1, 0.15) is 24.0 Å². The highest BCUT2D eigenvalue weighted by molar-refractivity contribution is 5.31. The molecule has 0 saturated carbocycles. The van der Waals surface area contributed by atoms with E-state index in [1.807, 2.05) is 16.8 Å². The van der Waals surface area contributed by atoms with E-state index in [-0.39, 0.29) is 5.60 Å². The molecule has 94 valence electrons. The molecular weight excluding hydrogens is 230 g/mol. The van der Waals surface area contributed by atoms with Gasteiger partial charge in [0.05, 0.1) is 20.3 Å². The molecule has 1 atom stereocenters. The van der Waals surface area contributed by atoms with Crippen LogP contribution in [0.4, 0.5) is 0 Å². The molecule has 1 aliphatic heterocycles. The fourth-order valence-electron chi connectivity index (χ4n) is 2.26. The van der Waals surface area contributed by atoms with Crippen LogP contribution in [0.15, 0.2) is 36.9 Å². The number of aromatic nitrogens is 3. The van der Waals surface area contributed by atoms with E-state index < -0.39 is 0 Å². The Hall–Kier alpha value is -1.88. The number of rotatable bonds is 4. The molecule has 5 nitrogen and oxygen atoms in total. The molecule has 1 aromatic heterocycles. The molecule has 1 saturated heterocycles. The van der Waals surface area contributed by atoms with Crippen molar-refractivity contribution in [3.8, 4) is 5.75 Å². The predicted octanol–water partition coefficient (Wildman–Crippen LogP) is 1.60. The smallest absolute Gasteiger partial charge is 0.137 e. The zero-order valence-corrected chi connectivity index (χ0v) is 10.2. The zero-order valence-electron chi connectivity index (χ0n) is 10.2. The zero-order chi connectivity index (χ0) is 12.4. The molecule has 2 aromatic rings. The molecule has 0 spiro atoms. The van der Waals surface area contributed by atoms with Gasteiger partial charge in [-0.1, -0.05) is 12.1 Å². The van der Waals surface area contributed by atoms with Gasteiger partial charge in [0, 0.05) is 6.42 Å². The number of hydrogen-bond acceptors (Lipinski definition) is 4. The molecular formula is C13H15N3O2. The van der Waals surface area contributed by atoms with Crippen molar-refractivity contribution in [2.24, 2.45) is 0 Å². The fourth-order valence-corrected chi connectivity index (χ4v) is 2.26. The van der Waals surface area contributed by atoms with Crippen LogP contribution in [0.2, 0.25) is 0 Å². The SMILES string of the molecule is COc1ccc(C2(Cn3cncn3)CCO2)cc1. The Morgan fingerprint density at radius 2 is 2.17 bits per heavy atom. The topological polar surface area (TPSA) is 49.2 Å². The Labute approximate surface area is 105 Å². The summed E-state index contributed by atoms with van der Waals surface area (Å²) in [4.78, 5) is 3.96. The van der Waals surface area contributed by atoms with Crippen molar-refractivity contribution in [3.05, 3.63) is 42.5 Å². The summed E-state index contributed by atoms with van der Waals surface area (Å²) in [5.74, 6) is 0.856. The maximum atomic E-state index is 5.82. The molecule has 0 radical (unpaired) electrons. The third-order valence-electron chi connectivity index (χ3n) is 3.38. The first-order chi connectivity index (χ1) is 8.82. The molecule has 0 N–H and O–H groups in total. The van der Waals surface area contributed by atoms with Gasteiger partial charge in [-0.05, 0) is 17.7 Å². The molecule has 1 aliphatic rings. The lowest BCUT2D eigenvalue weighted by Crippen LogP contribution is -2.44. The quantitative estimate of drug-likeness (QED) is 0.821. The first kappa shape index (κ1) is 11.2. The van der Waals surface area contributed by atoms with Gasteiger partial charge in [-0.2, -0.15) is 5.10 Å². The van der Waals surface area contributed by atoms with Crippen LogP contribution in [0.3, 0.4) is 0 Å². The Bertz CT molecular complexity index is 504. The predicted molar refractivity (Wildman–Crippen MR) is 65.3 cm³/mol. The lowest BCUT2D eigenvalue weighted by molar-refractivity contribution is -0.165. The molecule has 2 heterocycles. The molecule has 0 aliphatic carbocycles. The van der Waals surface area contributed by atoms with E-state index in [0.717, 1.165) is 24.3 Å². The van der Waals surface area contributed by atoms with Crippen LogP contribution in [0, 0.1) is 0 Å². The van der Waals surface area contributed by atoms with E-state index in [9.17, 15) is 0 Å². The van der Waals surface area contributed by atoms with Crippen molar-refractivity contribution in [3.63, 3.8) is 0 Å². The number of nitrogens with zero attached hydrogens (tertiary/aromatic N) is 3. The van der Waals surface area contributed by atoms with Gasteiger partial charge < -0.3 is 9.47 Å². The van der Waals surface area contributed by atoms with E-state index >= 15 is 0 Å². The van der Waals surface area contributed by atoms with Crippen molar-refractivity contribution in [1.82, 2.24) is 14.8 Å². The standard InChI is InChI=1S/C13H15N3O2/c1-17-12-4-2-11(3-5-12)13(6-7-18-13)8-16-10-14-9-15-16/h2-5,9-10H,6-8H2,1H3. The maximum absolute atomic E-state index is 5.82. The minimum Gasteiger partial charge on any atom is -0.497 e. The lowest BCUT2D eigenvalue weighted by Gasteiger charge is -2.42. The summed E-state index contributed by atoms with van der Waals surface area (Å²) in [5, 5.41) is 4.14. The van der Waals surface area contributed by atoms with Crippen LogP contribution in [0.25, 0.3) is 0 Å². The summed E-state index contributed by atoms with van der Waals surface area (Å²) in [6.07, 6.45) is 4.26. The second-order valence-corrected chi connectivity index (χ2v) is 4.41. The molecule has 1 aromatic carbocycles. The van der Waals surface area contributed by atoms with Crippen LogP contribution >= 0.6 is 0 Å². The third-order valence-corrected chi connectivity index (χ3v) is 3.38. The van der Waals surface area contributed by atoms with Crippen LogP contribution < -0.4 is 4.74 Å². The summed E-state index contributed by atoms with van der Waals surface area (Å²) in [5.41, 5.74) is 0.894. The monoisotopic (exact) mass is 245 g/mol. The van der Waals surface area contributed by atoms with Gasteiger partial charge in [0.2, 0.25) is 0 Å². The van der Waals surface area contributed by atoms with E-state index in [1.165, 1.54) is 0 Å². The van der Waals surface area contributed by atoms with Crippen molar-refractivity contribution in [2.45, 2.75) is 18.6 Å². The highest BCUT2D eigenvalue weighted by atomic mass is 16.5. The normalized spacial score (nSPS) is 22.5. The van der Waals surface area contributed by atoms with Crippen LogP contribution in [-0.4, -0.2) is 28.5 Å². The highest BCUT2D eigenvalue weighted by Gasteiger charge is 2.40. The Kier molecular flexibility index (Phi) is 2.76. The average molecular weight is 245 g/mol. The second kappa shape index (κ2) is 4.42. The summed E-state index contributed by atoms with van der Waals surface area (Å²) >= 11 is 0. The molecule has 1 fully saturated rings. The highest BCUT2D eigenvalue weighted by Crippen LogP contribution is 2.39. The van der Waals surface area contributed by atoms with Crippen LogP contribution in [-0.2, 0) is 16.9 Å². The maximum Gasteiger partial charge on any atom is 0.137 e. The number of ether oxygens (including phenoxy) is 2. The van der Waals surface area contributed by atoms with Gasteiger partial charge in [-0.3, -0.25) is 0 Å². The molecule has 0 bridgehead atoms. The molecule has 5 heteroatoms. The minimum absolute atomic E-state index is 0.264. The second-order valence-electron chi connectivity index (χ2n) is 4.41. The first-order valence-electron chi connectivity index (χ1n) is 5.93. The number of methoxy groups -OCH3 is 1. The van der Waals surface area contributed by atoms with E-state index in [2.05, 4.69) is 22.2 Å². The van der Waals surface area contributed by atoms with Crippen molar-refractivity contribution in [2.75, 3.05) is 13.7 Å². The number of hydrogen-bond donors (Lipinski definition) is 0. The van der Waals surface area contributed by atoms with E-state index in [4.69, 9.17) is 9.47 Å². The van der Waals surface area contributed by atoms with Crippen molar-refractivity contribution in [1.29, 1.82) is 0 Å². The third kappa shape index (κ3) is 1.86. The Balaban J connectivity index is 1.86. The van der Waals surface area contributed by atoms with Crippen molar-refractivity contribution < 1.29 is 9.47 Å². The summed E-state index contributed by atoms with van der Waals surface area (Å²) in [7, 11) is 1.67. The van der Waals surface area contributed by atoms with Gasteiger partial charge >= 0.3 is 0 Å². The van der Waals surface area contributed by atoms with Crippen LogP contribution in [0.1, 0.15) is 12.0 Å². The largest absolute Gasteiger partial charge is 0.497 e. The Morgan fingerprint density at radius 3 is 2.67 bits per heavy atom. The Morgan fingerprint density at radius 1 is 1.39 bits per heavy atom. The number of benzene rings is 1. The van der Waals surface area contributed by atoms with E-state index in [1.54, 1.807) is 19.8 Å². The first-order valence-corrected chi connectivity index (χ1v) is 5.93. The molecule has 18 heavy (non-hydrogen) atoms.